The van der Waals surface area contributed by atoms with Crippen molar-refractivity contribution in [3.05, 3.63) is 41.3 Å². The minimum Gasteiger partial charge on any atom is -0.495 e. The molecule has 0 saturated carbocycles. The highest BCUT2D eigenvalue weighted by Gasteiger charge is 2.25. The van der Waals surface area contributed by atoms with Gasteiger partial charge in [0.1, 0.15) is 17.7 Å². The molecule has 2 aliphatic rings. The van der Waals surface area contributed by atoms with Gasteiger partial charge in [0.05, 0.1) is 38.4 Å². The van der Waals surface area contributed by atoms with Crippen LogP contribution >= 0.6 is 0 Å². The second-order valence-electron chi connectivity index (χ2n) is 7.29. The number of methoxy groups -OCH3 is 1. The number of ether oxygens (including phenoxy) is 2. The van der Waals surface area contributed by atoms with Crippen LogP contribution < -0.4 is 15.0 Å². The third kappa shape index (κ3) is 4.48. The summed E-state index contributed by atoms with van der Waals surface area (Å²) in [5.74, 6) is 1.08. The van der Waals surface area contributed by atoms with E-state index in [1.54, 1.807) is 25.6 Å². The first kappa shape index (κ1) is 19.6. The van der Waals surface area contributed by atoms with Crippen LogP contribution in [-0.2, 0) is 17.6 Å². The van der Waals surface area contributed by atoms with Gasteiger partial charge in [0, 0.05) is 36.8 Å². The van der Waals surface area contributed by atoms with Crippen LogP contribution in [0.4, 0.5) is 15.9 Å². The summed E-state index contributed by atoms with van der Waals surface area (Å²) in [4.78, 5) is 24.1. The Kier molecular flexibility index (Phi) is 5.89. The van der Waals surface area contributed by atoms with Crippen molar-refractivity contribution in [1.82, 2.24) is 9.97 Å². The molecule has 0 unspecified atom stereocenters. The summed E-state index contributed by atoms with van der Waals surface area (Å²) in [5, 5.41) is 2.91. The van der Waals surface area contributed by atoms with Gasteiger partial charge >= 0.3 is 0 Å². The summed E-state index contributed by atoms with van der Waals surface area (Å²) in [6.07, 6.45) is 4.66. The zero-order valence-electron chi connectivity index (χ0n) is 16.5. The van der Waals surface area contributed by atoms with E-state index < -0.39 is 6.17 Å². The van der Waals surface area contributed by atoms with E-state index in [0.29, 0.717) is 69.0 Å². The van der Waals surface area contributed by atoms with E-state index in [-0.39, 0.29) is 5.91 Å². The molecule has 1 fully saturated rings. The molecule has 4 rings (SSSR count). The third-order valence-corrected chi connectivity index (χ3v) is 5.38. The van der Waals surface area contributed by atoms with Crippen LogP contribution in [0.25, 0.3) is 0 Å². The van der Waals surface area contributed by atoms with Crippen LogP contribution in [0.3, 0.4) is 0 Å². The molecule has 1 N–H and O–H groups in total. The standard InChI is InChI=1S/C21H25FN4O3/c1-28-16-10-15(12-23-13-16)24-21(27)18-11-20(26-6-2-14(22)3-7-26)25-19-5-9-29-8-4-17(18)19/h10-14H,2-9H2,1H3,(H,24,27). The fraction of sp³-hybridized carbons (Fsp3) is 0.476. The van der Waals surface area contributed by atoms with E-state index >= 15 is 0 Å². The highest BCUT2D eigenvalue weighted by molar-refractivity contribution is 6.06. The Bertz CT molecular complexity index is 884. The minimum absolute atomic E-state index is 0.220. The zero-order valence-corrected chi connectivity index (χ0v) is 16.5. The molecule has 8 heteroatoms. The summed E-state index contributed by atoms with van der Waals surface area (Å²) in [6, 6.07) is 3.55. The summed E-state index contributed by atoms with van der Waals surface area (Å²) in [6.45, 7) is 2.34. The largest absolute Gasteiger partial charge is 0.495 e. The van der Waals surface area contributed by atoms with Crippen molar-refractivity contribution in [3.63, 3.8) is 0 Å². The third-order valence-electron chi connectivity index (χ3n) is 5.38. The van der Waals surface area contributed by atoms with E-state index in [1.165, 1.54) is 0 Å². The molecular formula is C21H25FN4O3. The first-order valence-corrected chi connectivity index (χ1v) is 9.94. The normalized spacial score (nSPS) is 17.4. The lowest BCUT2D eigenvalue weighted by molar-refractivity contribution is 0.102. The van der Waals surface area contributed by atoms with Crippen LogP contribution in [0.1, 0.15) is 34.5 Å². The molecule has 2 aromatic rings. The average Bonchev–Trinajstić information content (AvgIpc) is 2.99. The maximum atomic E-state index is 13.6. The van der Waals surface area contributed by atoms with Gasteiger partial charge in [-0.1, -0.05) is 0 Å². The van der Waals surface area contributed by atoms with E-state index in [0.717, 1.165) is 17.1 Å². The van der Waals surface area contributed by atoms with Crippen molar-refractivity contribution >= 4 is 17.4 Å². The average molecular weight is 400 g/mol. The van der Waals surface area contributed by atoms with Crippen LogP contribution in [0, 0.1) is 0 Å². The number of aromatic nitrogens is 2. The lowest BCUT2D eigenvalue weighted by atomic mass is 10.0. The molecule has 2 aliphatic heterocycles. The fourth-order valence-electron chi connectivity index (χ4n) is 3.78. The summed E-state index contributed by atoms with van der Waals surface area (Å²) >= 11 is 0. The Morgan fingerprint density at radius 3 is 2.83 bits per heavy atom. The van der Waals surface area contributed by atoms with Gasteiger partial charge in [0.25, 0.3) is 5.91 Å². The van der Waals surface area contributed by atoms with Crippen LogP contribution in [0.5, 0.6) is 5.75 Å². The highest BCUT2D eigenvalue weighted by atomic mass is 19.1. The van der Waals surface area contributed by atoms with Crippen LogP contribution in [-0.4, -0.2) is 55.5 Å². The number of nitrogens with zero attached hydrogens (tertiary/aromatic N) is 3. The number of amides is 1. The number of piperidine rings is 1. The Labute approximate surface area is 169 Å². The fourth-order valence-corrected chi connectivity index (χ4v) is 3.78. The number of carbonyl (C=O) groups excluding carboxylic acids is 1. The number of anilines is 2. The summed E-state index contributed by atoms with van der Waals surface area (Å²) in [5.41, 5.74) is 2.95. The molecule has 29 heavy (non-hydrogen) atoms. The number of nitrogens with one attached hydrogen (secondary N) is 1. The number of fused-ring (bicyclic) bond motifs is 1. The van der Waals surface area contributed by atoms with Gasteiger partial charge in [-0.2, -0.15) is 0 Å². The van der Waals surface area contributed by atoms with E-state index in [4.69, 9.17) is 14.5 Å². The Hall–Kier alpha value is -2.74. The first-order valence-electron chi connectivity index (χ1n) is 9.94. The number of hydrogen-bond acceptors (Lipinski definition) is 6. The maximum Gasteiger partial charge on any atom is 0.256 e. The molecule has 0 spiro atoms. The Morgan fingerprint density at radius 2 is 2.03 bits per heavy atom. The second kappa shape index (κ2) is 8.73. The number of halogens is 1. The van der Waals surface area contributed by atoms with Crippen molar-refractivity contribution in [3.8, 4) is 5.75 Å². The van der Waals surface area contributed by atoms with Crippen molar-refractivity contribution < 1.29 is 18.7 Å². The van der Waals surface area contributed by atoms with Gasteiger partial charge in [-0.15, -0.1) is 0 Å². The molecule has 1 saturated heterocycles. The molecular weight excluding hydrogens is 375 g/mol. The molecule has 1 amide bonds. The molecule has 0 radical (unpaired) electrons. The molecule has 0 aliphatic carbocycles. The monoisotopic (exact) mass is 400 g/mol. The van der Waals surface area contributed by atoms with Crippen molar-refractivity contribution in [1.29, 1.82) is 0 Å². The lowest BCUT2D eigenvalue weighted by Gasteiger charge is -2.30. The summed E-state index contributed by atoms with van der Waals surface area (Å²) in [7, 11) is 1.55. The summed E-state index contributed by atoms with van der Waals surface area (Å²) < 4.78 is 24.3. The van der Waals surface area contributed by atoms with Gasteiger partial charge in [0.2, 0.25) is 0 Å². The predicted molar refractivity (Wildman–Crippen MR) is 108 cm³/mol. The highest BCUT2D eigenvalue weighted by Crippen LogP contribution is 2.27. The van der Waals surface area contributed by atoms with E-state index in [2.05, 4.69) is 15.2 Å². The molecule has 154 valence electrons. The number of rotatable bonds is 4. The zero-order chi connectivity index (χ0) is 20.2. The Morgan fingerprint density at radius 1 is 1.24 bits per heavy atom. The van der Waals surface area contributed by atoms with E-state index in [1.807, 2.05) is 6.07 Å². The van der Waals surface area contributed by atoms with Gasteiger partial charge in [-0.05, 0) is 30.9 Å². The topological polar surface area (TPSA) is 76.6 Å². The minimum atomic E-state index is -0.760. The Balaban J connectivity index is 1.66. The van der Waals surface area contributed by atoms with Gasteiger partial charge < -0.3 is 19.7 Å². The quantitative estimate of drug-likeness (QED) is 0.851. The van der Waals surface area contributed by atoms with Crippen molar-refractivity contribution in [2.24, 2.45) is 0 Å². The molecule has 2 aromatic heterocycles. The van der Waals surface area contributed by atoms with E-state index in [9.17, 15) is 9.18 Å². The van der Waals surface area contributed by atoms with Gasteiger partial charge in [0.15, 0.2) is 0 Å². The number of carbonyl (C=O) groups is 1. The lowest BCUT2D eigenvalue weighted by Crippen LogP contribution is -2.35. The van der Waals surface area contributed by atoms with Gasteiger partial charge in [-0.3, -0.25) is 9.78 Å². The predicted octanol–water partition coefficient (Wildman–Crippen LogP) is 2.79. The molecule has 0 aromatic carbocycles. The molecule has 0 atom stereocenters. The van der Waals surface area contributed by atoms with Crippen LogP contribution in [0.15, 0.2) is 24.5 Å². The van der Waals surface area contributed by atoms with Crippen molar-refractivity contribution in [2.45, 2.75) is 31.9 Å². The maximum absolute atomic E-state index is 13.6. The van der Waals surface area contributed by atoms with Gasteiger partial charge in [-0.25, -0.2) is 9.37 Å². The second-order valence-corrected chi connectivity index (χ2v) is 7.29. The number of alkyl halides is 1. The first-order chi connectivity index (χ1) is 14.1. The molecule has 0 bridgehead atoms. The molecule has 7 nitrogen and oxygen atoms in total. The number of pyridine rings is 2. The molecule has 4 heterocycles. The van der Waals surface area contributed by atoms with Crippen LogP contribution in [0.2, 0.25) is 0 Å². The smallest absolute Gasteiger partial charge is 0.256 e. The number of hydrogen-bond donors (Lipinski definition) is 1. The van der Waals surface area contributed by atoms with Crippen molar-refractivity contribution in [2.75, 3.05) is 43.6 Å². The SMILES string of the molecule is COc1cncc(NC(=O)c2cc(N3CCC(F)CC3)nc3c2CCOCC3)c1.